The number of nitrogens with one attached hydrogen (secondary N) is 1. The molecule has 0 bridgehead atoms. The van der Waals surface area contributed by atoms with Crippen LogP contribution in [0.4, 0.5) is 4.39 Å². The van der Waals surface area contributed by atoms with Crippen molar-refractivity contribution in [3.05, 3.63) is 65.5 Å². The first kappa shape index (κ1) is 24.3. The zero-order valence-corrected chi connectivity index (χ0v) is 19.5. The van der Waals surface area contributed by atoms with E-state index in [9.17, 15) is 12.8 Å². The second-order valence-electron chi connectivity index (χ2n) is 6.28. The Morgan fingerprint density at radius 3 is 2.25 bits per heavy atom. The quantitative estimate of drug-likeness (QED) is 0.362. The number of hydrogen-bond acceptors (Lipinski definition) is 3. The fourth-order valence-electron chi connectivity index (χ4n) is 2.60. The Morgan fingerprint density at radius 2 is 1.68 bits per heavy atom. The van der Waals surface area contributed by atoms with Crippen molar-refractivity contribution in [2.24, 2.45) is 4.99 Å². The number of halogens is 2. The average Bonchev–Trinajstić information content (AvgIpc) is 2.64. The summed E-state index contributed by atoms with van der Waals surface area (Å²) in [5, 5.41) is 3.19. The van der Waals surface area contributed by atoms with Gasteiger partial charge in [-0.1, -0.05) is 30.3 Å². The molecular weight excluding hydrogens is 494 g/mol. The summed E-state index contributed by atoms with van der Waals surface area (Å²) >= 11 is 0. The van der Waals surface area contributed by atoms with Crippen LogP contribution in [0.5, 0.6) is 0 Å². The van der Waals surface area contributed by atoms with Crippen LogP contribution in [-0.4, -0.2) is 51.8 Å². The first-order chi connectivity index (χ1) is 12.8. The molecule has 0 aliphatic heterocycles. The highest BCUT2D eigenvalue weighted by molar-refractivity contribution is 14.0. The van der Waals surface area contributed by atoms with Crippen molar-refractivity contribution < 1.29 is 12.8 Å². The van der Waals surface area contributed by atoms with E-state index in [1.807, 2.05) is 11.9 Å². The Morgan fingerprint density at radius 1 is 1.07 bits per heavy atom. The van der Waals surface area contributed by atoms with E-state index in [2.05, 4.69) is 10.3 Å². The molecule has 0 spiro atoms. The lowest BCUT2D eigenvalue weighted by Gasteiger charge is -2.23. The van der Waals surface area contributed by atoms with E-state index in [1.165, 1.54) is 30.5 Å². The van der Waals surface area contributed by atoms with E-state index in [0.717, 1.165) is 5.56 Å². The fraction of sp³-hybridized carbons (Fsp3) is 0.316. The topological polar surface area (TPSA) is 65.0 Å². The minimum atomic E-state index is -3.53. The van der Waals surface area contributed by atoms with Crippen LogP contribution < -0.4 is 5.32 Å². The highest BCUT2D eigenvalue weighted by Crippen LogP contribution is 2.18. The molecule has 2 aromatic carbocycles. The van der Waals surface area contributed by atoms with Crippen molar-refractivity contribution in [1.82, 2.24) is 14.5 Å². The Balaban J connectivity index is 0.00000392. The van der Waals surface area contributed by atoms with E-state index in [-0.39, 0.29) is 34.7 Å². The van der Waals surface area contributed by atoms with Gasteiger partial charge >= 0.3 is 0 Å². The molecule has 0 radical (unpaired) electrons. The van der Waals surface area contributed by atoms with E-state index in [0.29, 0.717) is 24.6 Å². The average molecular weight is 520 g/mol. The summed E-state index contributed by atoms with van der Waals surface area (Å²) in [6.45, 7) is 0.848. The minimum absolute atomic E-state index is 0. The zero-order chi connectivity index (χ0) is 20.0. The third-order valence-electron chi connectivity index (χ3n) is 4.07. The van der Waals surface area contributed by atoms with Gasteiger partial charge in [0.1, 0.15) is 5.82 Å². The highest BCUT2D eigenvalue weighted by atomic mass is 127. The Labute approximate surface area is 183 Å². The summed E-state index contributed by atoms with van der Waals surface area (Å²) in [7, 11) is 3.01. The molecular formula is C19H26FIN4O2S. The molecule has 154 valence electrons. The third-order valence-corrected chi connectivity index (χ3v) is 5.99. The normalized spacial score (nSPS) is 11.9. The molecule has 0 atom stereocenters. The van der Waals surface area contributed by atoms with Crippen LogP contribution >= 0.6 is 24.0 Å². The van der Waals surface area contributed by atoms with Crippen LogP contribution in [0.3, 0.4) is 0 Å². The van der Waals surface area contributed by atoms with Gasteiger partial charge in [0.15, 0.2) is 5.96 Å². The molecule has 2 rings (SSSR count). The third kappa shape index (κ3) is 6.14. The summed E-state index contributed by atoms with van der Waals surface area (Å²) in [5.41, 5.74) is 1.60. The molecule has 0 amide bonds. The fourth-order valence-corrected chi connectivity index (χ4v) is 3.71. The number of hydrogen-bond donors (Lipinski definition) is 1. The number of aliphatic imine (C=N–C) groups is 1. The molecule has 1 N–H and O–H groups in total. The highest BCUT2D eigenvalue weighted by Gasteiger charge is 2.20. The summed E-state index contributed by atoms with van der Waals surface area (Å²) < 4.78 is 39.2. The summed E-state index contributed by atoms with van der Waals surface area (Å²) in [6.07, 6.45) is 0. The summed E-state index contributed by atoms with van der Waals surface area (Å²) in [6, 6.07) is 13.2. The number of benzene rings is 2. The van der Waals surface area contributed by atoms with Gasteiger partial charge in [0.25, 0.3) is 0 Å². The van der Waals surface area contributed by atoms with Crippen LogP contribution in [0.1, 0.15) is 11.1 Å². The molecule has 0 aromatic heterocycles. The van der Waals surface area contributed by atoms with Gasteiger partial charge in [0, 0.05) is 41.3 Å². The Kier molecular flexibility index (Phi) is 9.31. The van der Waals surface area contributed by atoms with Crippen molar-refractivity contribution in [3.8, 4) is 0 Å². The van der Waals surface area contributed by atoms with Crippen LogP contribution in [0.25, 0.3) is 0 Å². The summed E-state index contributed by atoms with van der Waals surface area (Å²) in [5.74, 6) is 0.332. The largest absolute Gasteiger partial charge is 0.352 e. The van der Waals surface area contributed by atoms with Crippen molar-refractivity contribution in [3.63, 3.8) is 0 Å². The molecule has 0 unspecified atom stereocenters. The van der Waals surface area contributed by atoms with E-state index >= 15 is 0 Å². The number of rotatable bonds is 6. The SMILES string of the molecule is CN=C(NCc1ccccc1S(=O)(=O)N(C)C)N(C)Cc1ccc(F)cc1.I. The van der Waals surface area contributed by atoms with Gasteiger partial charge in [-0.05, 0) is 29.3 Å². The smallest absolute Gasteiger partial charge is 0.242 e. The first-order valence-corrected chi connectivity index (χ1v) is 9.86. The van der Waals surface area contributed by atoms with Gasteiger partial charge < -0.3 is 10.2 Å². The molecule has 0 fully saturated rings. The van der Waals surface area contributed by atoms with Gasteiger partial charge in [-0.2, -0.15) is 0 Å². The van der Waals surface area contributed by atoms with Gasteiger partial charge in [0.05, 0.1) is 4.90 Å². The lowest BCUT2D eigenvalue weighted by atomic mass is 10.2. The second-order valence-corrected chi connectivity index (χ2v) is 8.40. The zero-order valence-electron chi connectivity index (χ0n) is 16.4. The van der Waals surface area contributed by atoms with Crippen molar-refractivity contribution in [2.45, 2.75) is 18.0 Å². The monoisotopic (exact) mass is 520 g/mol. The van der Waals surface area contributed by atoms with Gasteiger partial charge in [0.2, 0.25) is 10.0 Å². The lowest BCUT2D eigenvalue weighted by Crippen LogP contribution is -2.38. The van der Waals surface area contributed by atoms with Crippen LogP contribution in [0.2, 0.25) is 0 Å². The second kappa shape index (κ2) is 10.7. The molecule has 28 heavy (non-hydrogen) atoms. The van der Waals surface area contributed by atoms with Crippen LogP contribution in [0.15, 0.2) is 58.4 Å². The standard InChI is InChI=1S/C19H25FN4O2S.HI/c1-21-19(24(4)14-15-9-11-17(20)12-10-15)22-13-16-7-5-6-8-18(16)27(25,26)23(2)3;/h5-12H,13-14H2,1-4H3,(H,21,22);1H. The molecule has 0 heterocycles. The molecule has 0 saturated heterocycles. The molecule has 6 nitrogen and oxygen atoms in total. The van der Waals surface area contributed by atoms with Crippen molar-refractivity contribution >= 4 is 40.0 Å². The molecule has 0 aliphatic rings. The Bertz CT molecular complexity index is 902. The number of sulfonamides is 1. The summed E-state index contributed by atoms with van der Waals surface area (Å²) in [4.78, 5) is 6.39. The first-order valence-electron chi connectivity index (χ1n) is 8.42. The van der Waals surface area contributed by atoms with Crippen molar-refractivity contribution in [2.75, 3.05) is 28.2 Å². The maximum atomic E-state index is 13.0. The predicted octanol–water partition coefficient (Wildman–Crippen LogP) is 2.90. The van der Waals surface area contributed by atoms with Crippen LogP contribution in [-0.2, 0) is 23.1 Å². The Hall–Kier alpha value is -1.72. The molecule has 0 aliphatic carbocycles. The van der Waals surface area contributed by atoms with Gasteiger partial charge in [-0.3, -0.25) is 4.99 Å². The number of nitrogens with zero attached hydrogens (tertiary/aromatic N) is 3. The molecule has 9 heteroatoms. The molecule has 0 saturated carbocycles. The minimum Gasteiger partial charge on any atom is -0.352 e. The lowest BCUT2D eigenvalue weighted by molar-refractivity contribution is 0.475. The van der Waals surface area contributed by atoms with E-state index in [1.54, 1.807) is 43.4 Å². The van der Waals surface area contributed by atoms with E-state index in [4.69, 9.17) is 0 Å². The van der Waals surface area contributed by atoms with Crippen molar-refractivity contribution in [1.29, 1.82) is 0 Å². The predicted molar refractivity (Wildman–Crippen MR) is 121 cm³/mol. The maximum Gasteiger partial charge on any atom is 0.242 e. The number of guanidine groups is 1. The van der Waals surface area contributed by atoms with Gasteiger partial charge in [-0.25, -0.2) is 17.1 Å². The van der Waals surface area contributed by atoms with Gasteiger partial charge in [-0.15, -0.1) is 24.0 Å². The molecule has 2 aromatic rings. The van der Waals surface area contributed by atoms with E-state index < -0.39 is 10.0 Å². The maximum absolute atomic E-state index is 13.0. The van der Waals surface area contributed by atoms with Crippen LogP contribution in [0, 0.1) is 5.82 Å².